The van der Waals surface area contributed by atoms with Gasteiger partial charge in [-0.25, -0.2) is 4.79 Å². The molecule has 0 aromatic heterocycles. The Hall–Kier alpha value is -7.05. The standard InChI is InChI=1S/C49H47N2O4PS4.C6H8O4.C2H6.CH3NO.CH4O.CH2O/c1-50-38-22-26-42(27-23-38)53-56(54-43-28-24-39(25-29-43)51-40(34-57-46-14-6-2-7-15-46)35-58-47-16-8-3-9-17-47)55-44-32-30-41(31-33-44)52-45(36-59-48-18-10-4-11-19-48)37-60-49-20-12-5-13-21-49;1-2-6(8)10-4-3-9-5-7;1-2;2-1-3;2*1-2/h2-33,40,45,50-51H,34-37H2,1H3;2,5H,1,3-4H2;1-2H3;1H,(H2,2,3);2H,1H3;1H2. The van der Waals surface area contributed by atoms with E-state index in [1.54, 1.807) is 23.5 Å². The van der Waals surface area contributed by atoms with Crippen LogP contribution in [0.15, 0.2) is 226 Å². The van der Waals surface area contributed by atoms with Gasteiger partial charge in [0.2, 0.25) is 6.41 Å². The lowest BCUT2D eigenvalue weighted by Gasteiger charge is -2.21. The van der Waals surface area contributed by atoms with Crippen LogP contribution >= 0.6 is 55.6 Å². The van der Waals surface area contributed by atoms with Crippen molar-refractivity contribution in [3.05, 3.63) is 207 Å². The van der Waals surface area contributed by atoms with Crippen molar-refractivity contribution in [1.82, 2.24) is 0 Å². The Morgan fingerprint density at radius 2 is 0.899 bits per heavy atom. The van der Waals surface area contributed by atoms with Crippen molar-refractivity contribution in [2.75, 3.05) is 61.0 Å². The summed E-state index contributed by atoms with van der Waals surface area (Å²) in [5, 5.41) is 13.9. The third-order valence-electron chi connectivity index (χ3n) is 9.46. The van der Waals surface area contributed by atoms with Crippen molar-refractivity contribution in [3.8, 4) is 23.0 Å². The summed E-state index contributed by atoms with van der Waals surface area (Å²) in [6.07, 6.45) is 1.27. The molecule has 0 aliphatic heterocycles. The smallest absolute Gasteiger partial charge is 0.489 e. The lowest BCUT2D eigenvalue weighted by molar-refractivity contribution is -0.142. The summed E-state index contributed by atoms with van der Waals surface area (Å²) in [5.41, 5.74) is 6.17. The fourth-order valence-electron chi connectivity index (χ4n) is 6.00. The maximum Gasteiger partial charge on any atom is 0.530 e. The van der Waals surface area contributed by atoms with Crippen molar-refractivity contribution in [1.29, 1.82) is 0 Å². The second-order valence-corrected chi connectivity index (χ2v) is 20.2. The van der Waals surface area contributed by atoms with Gasteiger partial charge in [-0.2, -0.15) is 0 Å². The first-order valence-electron chi connectivity index (χ1n) is 24.6. The molecule has 7 aromatic rings. The average molecular weight is 1170 g/mol. The number of aliphatic hydroxyl groups is 1. The van der Waals surface area contributed by atoms with E-state index in [-0.39, 0.29) is 31.8 Å². The van der Waals surface area contributed by atoms with Gasteiger partial charge in [0.25, 0.3) is 6.47 Å². The van der Waals surface area contributed by atoms with E-state index >= 15 is 0 Å². The molecule has 5 N–H and O–H groups in total. The van der Waals surface area contributed by atoms with Crippen LogP contribution in [-0.2, 0) is 28.7 Å². The van der Waals surface area contributed by atoms with Crippen LogP contribution in [0.5, 0.6) is 23.0 Å². The van der Waals surface area contributed by atoms with E-state index in [0.717, 1.165) is 53.3 Å². The summed E-state index contributed by atoms with van der Waals surface area (Å²) in [7, 11) is 1.01. The topological polar surface area (TPSA) is 194 Å². The molecule has 14 nitrogen and oxygen atoms in total. The number of esters is 1. The summed E-state index contributed by atoms with van der Waals surface area (Å²) in [6.45, 7) is 9.63. The highest BCUT2D eigenvalue weighted by molar-refractivity contribution is 8.00. The highest BCUT2D eigenvalue weighted by Crippen LogP contribution is 2.43. The second-order valence-electron chi connectivity index (χ2n) is 14.8. The first-order chi connectivity index (χ1) is 38.9. The fraction of sp³-hybridized carbons (Fsp3) is 0.200. The summed E-state index contributed by atoms with van der Waals surface area (Å²) < 4.78 is 34.4. The number of primary amides is 1. The van der Waals surface area contributed by atoms with Crippen LogP contribution in [-0.4, -0.2) is 93.3 Å². The number of hydrogen-bond donors (Lipinski definition) is 4. The molecular weight excluding hydrogens is 1100 g/mol. The van der Waals surface area contributed by atoms with Gasteiger partial charge >= 0.3 is 14.6 Å². The van der Waals surface area contributed by atoms with Crippen molar-refractivity contribution in [3.63, 3.8) is 0 Å². The molecule has 0 fully saturated rings. The molecule has 1 amide bonds. The van der Waals surface area contributed by atoms with E-state index < -0.39 is 14.6 Å². The molecule has 0 aliphatic carbocycles. The Labute approximate surface area is 483 Å². The number of amides is 1. The molecule has 420 valence electrons. The molecule has 0 saturated heterocycles. The Morgan fingerprint density at radius 3 is 1.25 bits per heavy atom. The molecule has 0 heterocycles. The summed E-state index contributed by atoms with van der Waals surface area (Å²) in [5.74, 6) is 5.62. The molecule has 0 spiro atoms. The summed E-state index contributed by atoms with van der Waals surface area (Å²) >= 11 is 7.32. The van der Waals surface area contributed by atoms with E-state index in [1.165, 1.54) is 19.6 Å². The Morgan fingerprint density at radius 1 is 0.557 bits per heavy atom. The number of aliphatic hydroxyl groups excluding tert-OH is 1. The quantitative estimate of drug-likeness (QED) is 0.00902. The van der Waals surface area contributed by atoms with Gasteiger partial charge in [-0.1, -0.05) is 93.2 Å². The third-order valence-corrected chi connectivity index (χ3v) is 15.2. The Kier molecular flexibility index (Phi) is 38.7. The van der Waals surface area contributed by atoms with Crippen molar-refractivity contribution < 1.29 is 52.1 Å². The summed E-state index contributed by atoms with van der Waals surface area (Å²) in [4.78, 5) is 41.4. The molecule has 19 heteroatoms. The molecule has 0 radical (unpaired) electrons. The molecule has 1 unspecified atom stereocenters. The van der Waals surface area contributed by atoms with Crippen LogP contribution in [0.2, 0.25) is 0 Å². The molecule has 0 bridgehead atoms. The molecule has 7 aromatic carbocycles. The monoisotopic (exact) mass is 1170 g/mol. The average Bonchev–Trinajstić information content (AvgIpc) is 3.51. The van der Waals surface area contributed by atoms with Crippen LogP contribution in [0.4, 0.5) is 11.4 Å². The van der Waals surface area contributed by atoms with Gasteiger partial charge in [-0.3, -0.25) is 9.59 Å². The SMILES string of the molecule is C=CC(=O)OCCOC=O.C=O.CC.CNc1ccc(OP(Oc2ccc(NC(CSc3ccccc3)CSc3ccccc3)cc2)Oc2ccc(OC(CSc3ccccc3)CSc3ccccc3)cc2)cc1.CO.NC=O. The first kappa shape index (κ1) is 68.1. The Bertz CT molecular complexity index is 2400. The van der Waals surface area contributed by atoms with Gasteiger partial charge in [0.05, 0.1) is 0 Å². The summed E-state index contributed by atoms with van der Waals surface area (Å²) in [6, 6.07) is 65.7. The van der Waals surface area contributed by atoms with E-state index in [9.17, 15) is 9.59 Å². The lowest BCUT2D eigenvalue weighted by atomic mass is 10.2. The molecule has 1 atom stereocenters. The zero-order valence-corrected chi connectivity index (χ0v) is 48.9. The van der Waals surface area contributed by atoms with E-state index in [1.807, 2.05) is 136 Å². The number of benzene rings is 7. The minimum atomic E-state index is -1.88. The molecular formula is C60H70N3O11PS4. The van der Waals surface area contributed by atoms with Gasteiger partial charge in [0.15, 0.2) is 0 Å². The maximum absolute atomic E-state index is 10.3. The van der Waals surface area contributed by atoms with Crippen LogP contribution in [0.3, 0.4) is 0 Å². The van der Waals surface area contributed by atoms with Crippen LogP contribution in [0, 0.1) is 0 Å². The maximum atomic E-state index is 10.3. The van der Waals surface area contributed by atoms with Gasteiger partial charge in [-0.05, 0) is 121 Å². The normalized spacial score (nSPS) is 10.1. The number of carbonyl (C=O) groups excluding carboxylic acids is 4. The van der Waals surface area contributed by atoms with Gasteiger partial charge in [0, 0.05) is 80.2 Å². The van der Waals surface area contributed by atoms with Gasteiger partial charge < -0.3 is 54.1 Å². The van der Waals surface area contributed by atoms with Crippen molar-refractivity contribution in [2.24, 2.45) is 5.73 Å². The number of nitrogens with two attached hydrogens (primary N) is 1. The van der Waals surface area contributed by atoms with Crippen LogP contribution in [0.1, 0.15) is 13.8 Å². The minimum Gasteiger partial charge on any atom is -0.489 e. The number of thioether (sulfide) groups is 4. The Balaban J connectivity index is 0.000000979. The third kappa shape index (κ3) is 30.6. The predicted molar refractivity (Wildman–Crippen MR) is 328 cm³/mol. The lowest BCUT2D eigenvalue weighted by Crippen LogP contribution is -2.25. The first-order valence-corrected chi connectivity index (χ1v) is 29.6. The fourth-order valence-corrected chi connectivity index (χ4v) is 11.0. The minimum absolute atomic E-state index is 0.0190. The number of ether oxygens (including phenoxy) is 3. The van der Waals surface area contributed by atoms with Gasteiger partial charge in [0.1, 0.15) is 49.1 Å². The predicted octanol–water partition coefficient (Wildman–Crippen LogP) is 13.6. The zero-order chi connectivity index (χ0) is 57.6. The number of carbonyl (C=O) groups is 4. The zero-order valence-electron chi connectivity index (χ0n) is 44.7. The number of nitrogens with one attached hydrogen (secondary N) is 2. The highest BCUT2D eigenvalue weighted by Gasteiger charge is 2.21. The second kappa shape index (κ2) is 44.9. The molecule has 0 aliphatic rings. The van der Waals surface area contributed by atoms with E-state index in [4.69, 9.17) is 33.0 Å². The van der Waals surface area contributed by atoms with E-state index in [0.29, 0.717) is 23.7 Å². The van der Waals surface area contributed by atoms with Crippen LogP contribution in [0.25, 0.3) is 0 Å². The molecule has 79 heavy (non-hydrogen) atoms. The number of hydrogen-bond acceptors (Lipinski definition) is 17. The van der Waals surface area contributed by atoms with Crippen molar-refractivity contribution >= 4 is 92.7 Å². The van der Waals surface area contributed by atoms with E-state index in [2.05, 4.69) is 142 Å². The van der Waals surface area contributed by atoms with Crippen molar-refractivity contribution in [2.45, 2.75) is 45.6 Å². The molecule has 0 saturated carbocycles. The number of rotatable bonds is 28. The van der Waals surface area contributed by atoms with Crippen LogP contribution < -0.4 is 34.7 Å². The largest absolute Gasteiger partial charge is 0.530 e. The highest BCUT2D eigenvalue weighted by atomic mass is 32.2. The molecule has 7 rings (SSSR count). The number of anilines is 2. The van der Waals surface area contributed by atoms with Gasteiger partial charge in [-0.15, -0.1) is 47.0 Å².